The van der Waals surface area contributed by atoms with E-state index in [0.29, 0.717) is 5.56 Å². The van der Waals surface area contributed by atoms with E-state index in [1.54, 1.807) is 65.8 Å². The summed E-state index contributed by atoms with van der Waals surface area (Å²) in [5.74, 6) is -0.745. The first kappa shape index (κ1) is 21.4. The Hall–Kier alpha value is -1.60. The van der Waals surface area contributed by atoms with Gasteiger partial charge in [0.15, 0.2) is 6.04 Å². The average molecular weight is 416 g/mol. The third-order valence-electron chi connectivity index (χ3n) is 2.84. The normalized spacial score (nSPS) is 14.4. The lowest BCUT2D eigenvalue weighted by Gasteiger charge is -2.28. The van der Waals surface area contributed by atoms with Crippen molar-refractivity contribution in [1.29, 1.82) is 0 Å². The molecule has 2 atom stereocenters. The Balaban J connectivity index is 3.05. The predicted octanol–water partition coefficient (Wildman–Crippen LogP) is 3.72. The van der Waals surface area contributed by atoms with Gasteiger partial charge in [-0.15, -0.1) is 0 Å². The summed E-state index contributed by atoms with van der Waals surface area (Å²) in [5.41, 5.74) is -1.04. The lowest BCUT2D eigenvalue weighted by Crippen LogP contribution is -2.49. The number of carbonyl (C=O) groups is 2. The molecule has 140 valence electrons. The Morgan fingerprint density at radius 1 is 1.08 bits per heavy atom. The van der Waals surface area contributed by atoms with E-state index in [-0.39, 0.29) is 0 Å². The molecular formula is C18H26BrNO5. The van der Waals surface area contributed by atoms with Gasteiger partial charge in [0.05, 0.1) is 0 Å². The van der Waals surface area contributed by atoms with Crippen LogP contribution < -0.4 is 5.32 Å². The molecule has 0 aromatic heterocycles. The lowest BCUT2D eigenvalue weighted by molar-refractivity contribution is -0.160. The van der Waals surface area contributed by atoms with E-state index >= 15 is 0 Å². The first-order valence-electron chi connectivity index (χ1n) is 7.94. The highest BCUT2D eigenvalue weighted by Crippen LogP contribution is 2.23. The van der Waals surface area contributed by atoms with Crippen LogP contribution in [-0.4, -0.2) is 34.4 Å². The second kappa shape index (κ2) is 8.19. The Labute approximate surface area is 157 Å². The average Bonchev–Trinajstić information content (AvgIpc) is 2.40. The first-order valence-corrected chi connectivity index (χ1v) is 8.74. The van der Waals surface area contributed by atoms with Gasteiger partial charge >= 0.3 is 12.1 Å². The van der Waals surface area contributed by atoms with Crippen molar-refractivity contribution in [3.05, 3.63) is 34.3 Å². The maximum absolute atomic E-state index is 12.5. The highest BCUT2D eigenvalue weighted by molar-refractivity contribution is 9.10. The molecule has 0 unspecified atom stereocenters. The third kappa shape index (κ3) is 7.88. The van der Waals surface area contributed by atoms with Crippen molar-refractivity contribution in [2.75, 3.05) is 0 Å². The van der Waals surface area contributed by atoms with Gasteiger partial charge in [-0.3, -0.25) is 0 Å². The fourth-order valence-corrected chi connectivity index (χ4v) is 2.37. The number of carbonyl (C=O) groups excluding carboxylic acids is 2. The van der Waals surface area contributed by atoms with Crippen LogP contribution in [0.3, 0.4) is 0 Å². The van der Waals surface area contributed by atoms with Crippen molar-refractivity contribution < 1.29 is 24.2 Å². The standard InChI is InChI=1S/C18H26BrNO5/c1-17(2,3)24-15(22)13(20-16(23)25-18(4,5)6)14(21)11-8-7-9-12(19)10-11/h7-10,13-14,21H,1-6H3,(H,20,23)/t13-,14+/m0/s1. The van der Waals surface area contributed by atoms with Gasteiger partial charge in [0.25, 0.3) is 0 Å². The molecule has 25 heavy (non-hydrogen) atoms. The molecule has 1 rings (SSSR count). The maximum Gasteiger partial charge on any atom is 0.408 e. The maximum atomic E-state index is 12.5. The number of alkyl carbamates (subject to hydrolysis) is 1. The van der Waals surface area contributed by atoms with Crippen LogP contribution in [0.2, 0.25) is 0 Å². The number of hydrogen-bond acceptors (Lipinski definition) is 5. The van der Waals surface area contributed by atoms with E-state index in [9.17, 15) is 14.7 Å². The summed E-state index contributed by atoms with van der Waals surface area (Å²) in [4.78, 5) is 24.6. The molecule has 0 spiro atoms. The molecule has 0 saturated heterocycles. The number of nitrogens with one attached hydrogen (secondary N) is 1. The van der Waals surface area contributed by atoms with E-state index in [1.165, 1.54) is 0 Å². The fourth-order valence-electron chi connectivity index (χ4n) is 1.95. The smallest absolute Gasteiger partial charge is 0.408 e. The van der Waals surface area contributed by atoms with Gasteiger partial charge in [-0.1, -0.05) is 28.1 Å². The van der Waals surface area contributed by atoms with Crippen LogP contribution in [0.25, 0.3) is 0 Å². The van der Waals surface area contributed by atoms with Gasteiger partial charge in [-0.05, 0) is 59.2 Å². The summed E-state index contributed by atoms with van der Waals surface area (Å²) in [6, 6.07) is 5.54. The molecule has 6 nitrogen and oxygen atoms in total. The minimum atomic E-state index is -1.30. The molecule has 0 aliphatic rings. The number of ether oxygens (including phenoxy) is 2. The molecule has 0 bridgehead atoms. The molecule has 0 heterocycles. The van der Waals surface area contributed by atoms with Crippen molar-refractivity contribution in [1.82, 2.24) is 5.32 Å². The predicted molar refractivity (Wildman–Crippen MR) is 98.1 cm³/mol. The topological polar surface area (TPSA) is 84.9 Å². The van der Waals surface area contributed by atoms with Crippen molar-refractivity contribution >= 4 is 28.0 Å². The van der Waals surface area contributed by atoms with Crippen LogP contribution in [0.4, 0.5) is 4.79 Å². The van der Waals surface area contributed by atoms with E-state index in [0.717, 1.165) is 4.47 Å². The number of esters is 1. The molecule has 1 aromatic carbocycles. The summed E-state index contributed by atoms with van der Waals surface area (Å²) >= 11 is 3.32. The zero-order chi connectivity index (χ0) is 19.4. The van der Waals surface area contributed by atoms with Gasteiger partial charge in [-0.25, -0.2) is 9.59 Å². The summed E-state index contributed by atoms with van der Waals surface area (Å²) in [5, 5.41) is 13.0. The Bertz CT molecular complexity index is 619. The monoisotopic (exact) mass is 415 g/mol. The zero-order valence-corrected chi connectivity index (χ0v) is 17.0. The number of benzene rings is 1. The molecule has 0 aliphatic heterocycles. The first-order chi connectivity index (χ1) is 11.3. The van der Waals surface area contributed by atoms with E-state index in [4.69, 9.17) is 9.47 Å². The van der Waals surface area contributed by atoms with Gasteiger partial charge in [0.2, 0.25) is 0 Å². The van der Waals surface area contributed by atoms with Crippen LogP contribution >= 0.6 is 15.9 Å². The molecule has 7 heteroatoms. The minimum Gasteiger partial charge on any atom is -0.458 e. The number of aliphatic hydroxyl groups is 1. The molecule has 2 N–H and O–H groups in total. The molecule has 1 aromatic rings. The third-order valence-corrected chi connectivity index (χ3v) is 3.33. The van der Waals surface area contributed by atoms with Gasteiger partial charge in [0.1, 0.15) is 17.3 Å². The van der Waals surface area contributed by atoms with Crippen LogP contribution in [0.1, 0.15) is 53.2 Å². The van der Waals surface area contributed by atoms with Crippen molar-refractivity contribution in [2.24, 2.45) is 0 Å². The van der Waals surface area contributed by atoms with Crippen LogP contribution in [-0.2, 0) is 14.3 Å². The van der Waals surface area contributed by atoms with Crippen LogP contribution in [0, 0.1) is 0 Å². The van der Waals surface area contributed by atoms with Gasteiger partial charge in [-0.2, -0.15) is 0 Å². The van der Waals surface area contributed by atoms with Gasteiger partial charge < -0.3 is 19.9 Å². The summed E-state index contributed by atoms with van der Waals surface area (Å²) < 4.78 is 11.2. The van der Waals surface area contributed by atoms with Crippen molar-refractivity contribution in [3.8, 4) is 0 Å². The van der Waals surface area contributed by atoms with Crippen LogP contribution in [0.5, 0.6) is 0 Å². The Morgan fingerprint density at radius 3 is 2.12 bits per heavy atom. The fraction of sp³-hybridized carbons (Fsp3) is 0.556. The van der Waals surface area contributed by atoms with Crippen LogP contribution in [0.15, 0.2) is 28.7 Å². The highest BCUT2D eigenvalue weighted by Gasteiger charge is 2.35. The Morgan fingerprint density at radius 2 is 1.64 bits per heavy atom. The highest BCUT2D eigenvalue weighted by atomic mass is 79.9. The quantitative estimate of drug-likeness (QED) is 0.731. The summed E-state index contributed by atoms with van der Waals surface area (Å²) in [6.45, 7) is 10.3. The van der Waals surface area contributed by atoms with Crippen molar-refractivity contribution in [3.63, 3.8) is 0 Å². The number of rotatable bonds is 4. The molecule has 0 aliphatic carbocycles. The molecule has 0 saturated carbocycles. The number of aliphatic hydroxyl groups excluding tert-OH is 1. The zero-order valence-electron chi connectivity index (χ0n) is 15.4. The molecule has 1 amide bonds. The number of amides is 1. The Kier molecular flexibility index (Phi) is 7.02. The summed E-state index contributed by atoms with van der Waals surface area (Å²) in [6.07, 6.45) is -2.10. The van der Waals surface area contributed by atoms with Gasteiger partial charge in [0, 0.05) is 4.47 Å². The summed E-state index contributed by atoms with van der Waals surface area (Å²) in [7, 11) is 0. The second-order valence-corrected chi connectivity index (χ2v) is 8.57. The number of halogens is 1. The molecule has 0 radical (unpaired) electrons. The largest absolute Gasteiger partial charge is 0.458 e. The minimum absolute atomic E-state index is 0.460. The lowest BCUT2D eigenvalue weighted by atomic mass is 10.0. The van der Waals surface area contributed by atoms with E-state index in [1.807, 2.05) is 0 Å². The second-order valence-electron chi connectivity index (χ2n) is 7.66. The van der Waals surface area contributed by atoms with E-state index < -0.39 is 35.4 Å². The number of hydrogen-bond donors (Lipinski definition) is 2. The SMILES string of the molecule is CC(C)(C)OC(=O)N[C@H](C(=O)OC(C)(C)C)[C@H](O)c1cccc(Br)c1. The van der Waals surface area contributed by atoms with Crippen molar-refractivity contribution in [2.45, 2.75) is 64.9 Å². The van der Waals surface area contributed by atoms with E-state index in [2.05, 4.69) is 21.2 Å². The molecular weight excluding hydrogens is 390 g/mol. The molecule has 0 fully saturated rings.